The molecule has 0 radical (unpaired) electrons. The first-order chi connectivity index (χ1) is 7.29. The van der Waals surface area contributed by atoms with E-state index in [2.05, 4.69) is 25.9 Å². The van der Waals surface area contributed by atoms with Gasteiger partial charge in [0.25, 0.3) is 0 Å². The van der Waals surface area contributed by atoms with Crippen LogP contribution in [0.25, 0.3) is 11.3 Å². The largest absolute Gasteiger partial charge is 0.263 e. The molecule has 0 atom stereocenters. The van der Waals surface area contributed by atoms with E-state index in [0.717, 1.165) is 15.7 Å². The fraction of sp³-hybridized carbons (Fsp3) is 0. The van der Waals surface area contributed by atoms with Crippen LogP contribution < -0.4 is 0 Å². The summed E-state index contributed by atoms with van der Waals surface area (Å²) in [5.74, 6) is 0. The summed E-state index contributed by atoms with van der Waals surface area (Å²) in [6.07, 6.45) is 4.94. The molecular formula is C11H6BrN3. The maximum atomic E-state index is 8.74. The summed E-state index contributed by atoms with van der Waals surface area (Å²) in [4.78, 5) is 8.21. The molecule has 2 aromatic rings. The number of nitriles is 1. The molecule has 0 spiro atoms. The van der Waals surface area contributed by atoms with Crippen LogP contribution in [0.3, 0.4) is 0 Å². The highest BCUT2D eigenvalue weighted by atomic mass is 79.9. The van der Waals surface area contributed by atoms with Gasteiger partial charge in [0, 0.05) is 28.6 Å². The smallest absolute Gasteiger partial charge is 0.101 e. The molecule has 0 N–H and O–H groups in total. The maximum Gasteiger partial charge on any atom is 0.101 e. The molecule has 0 amide bonds. The molecule has 0 saturated carbocycles. The second-order valence-corrected chi connectivity index (χ2v) is 3.85. The number of nitrogens with zero attached hydrogens (tertiary/aromatic N) is 3. The molecule has 2 heterocycles. The molecule has 3 nitrogen and oxygen atoms in total. The highest BCUT2D eigenvalue weighted by molar-refractivity contribution is 9.10. The Morgan fingerprint density at radius 1 is 1.20 bits per heavy atom. The van der Waals surface area contributed by atoms with E-state index >= 15 is 0 Å². The lowest BCUT2D eigenvalue weighted by molar-refractivity contribution is 1.26. The molecular weight excluding hydrogens is 254 g/mol. The highest BCUT2D eigenvalue weighted by Gasteiger charge is 2.00. The van der Waals surface area contributed by atoms with E-state index in [1.807, 2.05) is 18.2 Å². The van der Waals surface area contributed by atoms with Crippen LogP contribution in [0, 0.1) is 11.3 Å². The first-order valence-electron chi connectivity index (χ1n) is 4.26. The number of hydrogen-bond acceptors (Lipinski definition) is 3. The van der Waals surface area contributed by atoms with Crippen molar-refractivity contribution in [3.63, 3.8) is 0 Å². The third-order valence-electron chi connectivity index (χ3n) is 1.89. The van der Waals surface area contributed by atoms with E-state index in [1.54, 1.807) is 18.5 Å². The van der Waals surface area contributed by atoms with Crippen LogP contribution in [0.1, 0.15) is 5.56 Å². The number of aromatic nitrogens is 2. The van der Waals surface area contributed by atoms with Crippen LogP contribution in [0.15, 0.2) is 41.3 Å². The Kier molecular flexibility index (Phi) is 2.75. The van der Waals surface area contributed by atoms with E-state index in [9.17, 15) is 0 Å². The molecule has 72 valence electrons. The first-order valence-corrected chi connectivity index (χ1v) is 5.06. The molecule has 4 heteroatoms. The molecule has 2 rings (SSSR count). The van der Waals surface area contributed by atoms with Crippen LogP contribution in [-0.2, 0) is 0 Å². The van der Waals surface area contributed by atoms with Gasteiger partial charge in [-0.2, -0.15) is 5.26 Å². The second kappa shape index (κ2) is 4.20. The van der Waals surface area contributed by atoms with Crippen molar-refractivity contribution in [3.05, 3.63) is 46.8 Å². The zero-order chi connectivity index (χ0) is 10.7. The summed E-state index contributed by atoms with van der Waals surface area (Å²) in [5, 5.41) is 8.74. The molecule has 15 heavy (non-hydrogen) atoms. The van der Waals surface area contributed by atoms with Crippen molar-refractivity contribution in [1.82, 2.24) is 9.97 Å². The standard InChI is InChI=1S/C11H6BrN3/c12-10-1-2-11(15-7-10)9-3-8(4-13)5-14-6-9/h1-3,5-7H. The number of rotatable bonds is 1. The quantitative estimate of drug-likeness (QED) is 0.792. The van der Waals surface area contributed by atoms with E-state index in [-0.39, 0.29) is 0 Å². The molecule has 0 aliphatic rings. The Balaban J connectivity index is 2.46. The average Bonchev–Trinajstić information content (AvgIpc) is 2.30. The van der Waals surface area contributed by atoms with Gasteiger partial charge in [0.2, 0.25) is 0 Å². The second-order valence-electron chi connectivity index (χ2n) is 2.94. The fourth-order valence-electron chi connectivity index (χ4n) is 1.19. The molecule has 0 unspecified atom stereocenters. The van der Waals surface area contributed by atoms with E-state index in [4.69, 9.17) is 5.26 Å². The maximum absolute atomic E-state index is 8.74. The van der Waals surface area contributed by atoms with E-state index in [0.29, 0.717) is 5.56 Å². The zero-order valence-electron chi connectivity index (χ0n) is 7.68. The van der Waals surface area contributed by atoms with Crippen molar-refractivity contribution in [2.45, 2.75) is 0 Å². The molecule has 0 aromatic carbocycles. The number of hydrogen-bond donors (Lipinski definition) is 0. The van der Waals surface area contributed by atoms with Crippen LogP contribution in [0.5, 0.6) is 0 Å². The van der Waals surface area contributed by atoms with Crippen LogP contribution in [0.2, 0.25) is 0 Å². The predicted molar refractivity (Wildman–Crippen MR) is 59.9 cm³/mol. The van der Waals surface area contributed by atoms with Crippen molar-refractivity contribution in [2.75, 3.05) is 0 Å². The van der Waals surface area contributed by atoms with Crippen molar-refractivity contribution >= 4 is 15.9 Å². The number of pyridine rings is 2. The Bertz CT molecular complexity index is 514. The lowest BCUT2D eigenvalue weighted by Gasteiger charge is -1.99. The van der Waals surface area contributed by atoms with Gasteiger partial charge in [0.05, 0.1) is 11.3 Å². The SMILES string of the molecule is N#Cc1cncc(-c2ccc(Br)cn2)c1. The molecule has 0 saturated heterocycles. The highest BCUT2D eigenvalue weighted by Crippen LogP contribution is 2.18. The molecule has 0 bridgehead atoms. The van der Waals surface area contributed by atoms with Gasteiger partial charge >= 0.3 is 0 Å². The molecule has 2 aromatic heterocycles. The Morgan fingerprint density at radius 2 is 2.07 bits per heavy atom. The van der Waals surface area contributed by atoms with Gasteiger partial charge in [-0.25, -0.2) is 0 Å². The van der Waals surface area contributed by atoms with E-state index < -0.39 is 0 Å². The summed E-state index contributed by atoms with van der Waals surface area (Å²) in [5.41, 5.74) is 2.20. The summed E-state index contributed by atoms with van der Waals surface area (Å²) < 4.78 is 0.927. The average molecular weight is 260 g/mol. The molecule has 0 aliphatic heterocycles. The van der Waals surface area contributed by atoms with Crippen LogP contribution >= 0.6 is 15.9 Å². The Hall–Kier alpha value is -1.73. The first kappa shape index (κ1) is 9.81. The summed E-state index contributed by atoms with van der Waals surface area (Å²) in [6, 6.07) is 7.60. The number of halogens is 1. The third kappa shape index (κ3) is 2.20. The Labute approximate surface area is 95.6 Å². The molecule has 0 aliphatic carbocycles. The topological polar surface area (TPSA) is 49.6 Å². The minimum Gasteiger partial charge on any atom is -0.263 e. The predicted octanol–water partition coefficient (Wildman–Crippen LogP) is 2.78. The van der Waals surface area contributed by atoms with Crippen molar-refractivity contribution in [3.8, 4) is 17.3 Å². The summed E-state index contributed by atoms with van der Waals surface area (Å²) in [6.45, 7) is 0. The van der Waals surface area contributed by atoms with E-state index in [1.165, 1.54) is 6.20 Å². The minimum atomic E-state index is 0.539. The van der Waals surface area contributed by atoms with Gasteiger partial charge in [-0.3, -0.25) is 9.97 Å². The Morgan fingerprint density at radius 3 is 2.73 bits per heavy atom. The van der Waals surface area contributed by atoms with Gasteiger partial charge in [0.15, 0.2) is 0 Å². The van der Waals surface area contributed by atoms with Gasteiger partial charge in [0.1, 0.15) is 6.07 Å². The normalized spacial score (nSPS) is 9.60. The monoisotopic (exact) mass is 259 g/mol. The molecule has 0 fully saturated rings. The van der Waals surface area contributed by atoms with Crippen LogP contribution in [-0.4, -0.2) is 9.97 Å². The van der Waals surface area contributed by atoms with Crippen molar-refractivity contribution < 1.29 is 0 Å². The lowest BCUT2D eigenvalue weighted by atomic mass is 10.1. The van der Waals surface area contributed by atoms with Gasteiger partial charge in [-0.15, -0.1) is 0 Å². The summed E-state index contributed by atoms with van der Waals surface area (Å²) >= 11 is 3.32. The van der Waals surface area contributed by atoms with Gasteiger partial charge in [-0.05, 0) is 34.1 Å². The van der Waals surface area contributed by atoms with Gasteiger partial charge in [-0.1, -0.05) is 0 Å². The van der Waals surface area contributed by atoms with Crippen molar-refractivity contribution in [2.24, 2.45) is 0 Å². The van der Waals surface area contributed by atoms with Crippen LogP contribution in [0.4, 0.5) is 0 Å². The van der Waals surface area contributed by atoms with Gasteiger partial charge < -0.3 is 0 Å². The minimum absolute atomic E-state index is 0.539. The van der Waals surface area contributed by atoms with Crippen molar-refractivity contribution in [1.29, 1.82) is 5.26 Å². The fourth-order valence-corrected chi connectivity index (χ4v) is 1.42. The summed E-state index contributed by atoms with van der Waals surface area (Å²) in [7, 11) is 0. The lowest BCUT2D eigenvalue weighted by Crippen LogP contribution is -1.85. The third-order valence-corrected chi connectivity index (χ3v) is 2.36. The zero-order valence-corrected chi connectivity index (χ0v) is 9.27.